The topological polar surface area (TPSA) is 38.0 Å². The van der Waals surface area contributed by atoms with Crippen LogP contribution in [0.2, 0.25) is 0 Å². The highest BCUT2D eigenvalue weighted by Gasteiger charge is 2.30. The fourth-order valence-electron chi connectivity index (χ4n) is 2.86. The van der Waals surface area contributed by atoms with Crippen molar-refractivity contribution in [2.45, 2.75) is 32.0 Å². The number of aliphatic hydroxyl groups is 1. The molecule has 0 amide bonds. The number of aromatic nitrogens is 2. The van der Waals surface area contributed by atoms with Crippen molar-refractivity contribution in [1.29, 1.82) is 0 Å². The van der Waals surface area contributed by atoms with Crippen molar-refractivity contribution in [2.24, 2.45) is 5.92 Å². The predicted octanol–water partition coefficient (Wildman–Crippen LogP) is 3.05. The largest absolute Gasteiger partial charge is 0.416 e. The maximum atomic E-state index is 12.7. The van der Waals surface area contributed by atoms with E-state index in [9.17, 15) is 18.3 Å². The third-order valence-corrected chi connectivity index (χ3v) is 4.06. The standard InChI is InChI=1S/C16H17F3N2O/c17-16(18,19)13-3-1-2-11(6-13)7-14-9-21-5-4-12(10-22)8-15(21)20-14/h1-3,6,9,12,22H,4-5,7-8,10H2. The van der Waals surface area contributed by atoms with E-state index in [1.165, 1.54) is 12.1 Å². The molecule has 22 heavy (non-hydrogen) atoms. The number of nitrogens with zero attached hydrogens (tertiary/aromatic N) is 2. The monoisotopic (exact) mass is 310 g/mol. The average Bonchev–Trinajstić information content (AvgIpc) is 2.87. The van der Waals surface area contributed by atoms with Gasteiger partial charge in [0.1, 0.15) is 5.82 Å². The van der Waals surface area contributed by atoms with Gasteiger partial charge >= 0.3 is 6.18 Å². The Bertz CT molecular complexity index is 664. The van der Waals surface area contributed by atoms with Crippen molar-refractivity contribution >= 4 is 0 Å². The summed E-state index contributed by atoms with van der Waals surface area (Å²) >= 11 is 0. The molecule has 3 rings (SSSR count). The van der Waals surface area contributed by atoms with E-state index in [1.54, 1.807) is 6.07 Å². The number of hydrogen-bond donors (Lipinski definition) is 1. The fraction of sp³-hybridized carbons (Fsp3) is 0.438. The minimum absolute atomic E-state index is 0.149. The molecule has 0 saturated carbocycles. The van der Waals surface area contributed by atoms with Gasteiger partial charge < -0.3 is 9.67 Å². The van der Waals surface area contributed by atoms with Crippen molar-refractivity contribution in [3.63, 3.8) is 0 Å². The third kappa shape index (κ3) is 3.16. The summed E-state index contributed by atoms with van der Waals surface area (Å²) in [7, 11) is 0. The Kier molecular flexibility index (Phi) is 3.95. The molecule has 1 atom stereocenters. The molecule has 1 aliphatic heterocycles. The lowest BCUT2D eigenvalue weighted by molar-refractivity contribution is -0.137. The second-order valence-electron chi connectivity index (χ2n) is 5.76. The predicted molar refractivity (Wildman–Crippen MR) is 75.4 cm³/mol. The van der Waals surface area contributed by atoms with E-state index < -0.39 is 11.7 Å². The normalized spacial score (nSPS) is 18.3. The van der Waals surface area contributed by atoms with Crippen LogP contribution >= 0.6 is 0 Å². The minimum atomic E-state index is -4.32. The fourth-order valence-corrected chi connectivity index (χ4v) is 2.86. The van der Waals surface area contributed by atoms with Gasteiger partial charge in [-0.1, -0.05) is 18.2 Å². The molecule has 2 aromatic rings. The quantitative estimate of drug-likeness (QED) is 0.946. The van der Waals surface area contributed by atoms with Gasteiger partial charge in [0.2, 0.25) is 0 Å². The SMILES string of the molecule is OCC1CCn2cc(Cc3cccc(C(F)(F)F)c3)nc2C1. The van der Waals surface area contributed by atoms with Gasteiger partial charge in [-0.15, -0.1) is 0 Å². The van der Waals surface area contributed by atoms with E-state index in [2.05, 4.69) is 4.98 Å². The molecule has 6 heteroatoms. The number of benzene rings is 1. The molecule has 0 fully saturated rings. The number of fused-ring (bicyclic) bond motifs is 1. The number of imidazole rings is 1. The average molecular weight is 310 g/mol. The van der Waals surface area contributed by atoms with E-state index in [0.717, 1.165) is 37.0 Å². The first-order valence-corrected chi connectivity index (χ1v) is 7.27. The Labute approximate surface area is 126 Å². The lowest BCUT2D eigenvalue weighted by Crippen LogP contribution is -2.21. The van der Waals surface area contributed by atoms with Crippen LogP contribution in [-0.2, 0) is 25.6 Å². The molecule has 1 unspecified atom stereocenters. The van der Waals surface area contributed by atoms with Gasteiger partial charge in [-0.25, -0.2) is 4.98 Å². The highest BCUT2D eigenvalue weighted by atomic mass is 19.4. The van der Waals surface area contributed by atoms with Crippen LogP contribution in [0.3, 0.4) is 0 Å². The summed E-state index contributed by atoms with van der Waals surface area (Å²) in [5.74, 6) is 1.14. The first-order chi connectivity index (χ1) is 10.5. The number of alkyl halides is 3. The maximum absolute atomic E-state index is 12.7. The highest BCUT2D eigenvalue weighted by molar-refractivity contribution is 5.28. The number of rotatable bonds is 3. The van der Waals surface area contributed by atoms with Crippen molar-refractivity contribution < 1.29 is 18.3 Å². The zero-order chi connectivity index (χ0) is 15.7. The van der Waals surface area contributed by atoms with Gasteiger partial charge in [0, 0.05) is 32.2 Å². The molecule has 0 aliphatic carbocycles. The van der Waals surface area contributed by atoms with Crippen LogP contribution in [0.1, 0.15) is 29.1 Å². The van der Waals surface area contributed by atoms with Crippen molar-refractivity contribution in [1.82, 2.24) is 9.55 Å². The summed E-state index contributed by atoms with van der Waals surface area (Å²) in [6.45, 7) is 0.950. The number of halogens is 3. The molecule has 3 nitrogen and oxygen atoms in total. The summed E-state index contributed by atoms with van der Waals surface area (Å²) in [5.41, 5.74) is 0.742. The van der Waals surface area contributed by atoms with Crippen LogP contribution in [-0.4, -0.2) is 21.3 Å². The second-order valence-corrected chi connectivity index (χ2v) is 5.76. The Morgan fingerprint density at radius 1 is 1.32 bits per heavy atom. The number of aliphatic hydroxyl groups excluding tert-OH is 1. The molecule has 1 N–H and O–H groups in total. The molecule has 0 saturated heterocycles. The molecule has 0 spiro atoms. The van der Waals surface area contributed by atoms with Crippen molar-refractivity contribution in [2.75, 3.05) is 6.61 Å². The van der Waals surface area contributed by atoms with Gasteiger partial charge in [0.15, 0.2) is 0 Å². The molecule has 1 aliphatic rings. The summed E-state index contributed by atoms with van der Waals surface area (Å²) in [6.07, 6.45) is -0.406. The molecule has 1 aromatic carbocycles. The van der Waals surface area contributed by atoms with Crippen LogP contribution < -0.4 is 0 Å². The Hall–Kier alpha value is -1.82. The Balaban J connectivity index is 1.79. The van der Waals surface area contributed by atoms with Crippen LogP contribution in [0.5, 0.6) is 0 Å². The van der Waals surface area contributed by atoms with Crippen LogP contribution in [0, 0.1) is 5.92 Å². The Morgan fingerprint density at radius 3 is 2.86 bits per heavy atom. The van der Waals surface area contributed by atoms with E-state index in [-0.39, 0.29) is 12.5 Å². The lowest BCUT2D eigenvalue weighted by Gasteiger charge is -2.20. The van der Waals surface area contributed by atoms with Gasteiger partial charge in [-0.3, -0.25) is 0 Å². The Morgan fingerprint density at radius 2 is 2.14 bits per heavy atom. The van der Waals surface area contributed by atoms with Crippen molar-refractivity contribution in [3.05, 3.63) is 53.1 Å². The van der Waals surface area contributed by atoms with E-state index in [0.29, 0.717) is 12.0 Å². The molecule has 1 aromatic heterocycles. The number of aryl methyl sites for hydroxylation is 1. The first-order valence-electron chi connectivity index (χ1n) is 7.27. The lowest BCUT2D eigenvalue weighted by atomic mass is 9.99. The smallest absolute Gasteiger partial charge is 0.396 e. The summed E-state index contributed by atoms with van der Waals surface area (Å²) in [4.78, 5) is 4.51. The van der Waals surface area contributed by atoms with Crippen LogP contribution in [0.15, 0.2) is 30.5 Å². The minimum Gasteiger partial charge on any atom is -0.396 e. The summed E-state index contributed by atoms with van der Waals surface area (Å²) < 4.78 is 40.2. The van der Waals surface area contributed by atoms with Crippen molar-refractivity contribution in [3.8, 4) is 0 Å². The first kappa shape index (κ1) is 15.1. The molecule has 0 bridgehead atoms. The summed E-state index contributed by atoms with van der Waals surface area (Å²) in [5, 5.41) is 9.22. The zero-order valence-corrected chi connectivity index (χ0v) is 12.0. The van der Waals surface area contributed by atoms with E-state index >= 15 is 0 Å². The van der Waals surface area contributed by atoms with Crippen LogP contribution in [0.4, 0.5) is 13.2 Å². The highest BCUT2D eigenvalue weighted by Crippen LogP contribution is 2.30. The third-order valence-electron chi connectivity index (χ3n) is 4.06. The maximum Gasteiger partial charge on any atom is 0.416 e. The second kappa shape index (κ2) is 5.76. The molecular weight excluding hydrogens is 293 g/mol. The zero-order valence-electron chi connectivity index (χ0n) is 12.0. The molecule has 118 valence electrons. The van der Waals surface area contributed by atoms with Gasteiger partial charge in [0.25, 0.3) is 0 Å². The summed E-state index contributed by atoms with van der Waals surface area (Å²) in [6, 6.07) is 5.36. The van der Waals surface area contributed by atoms with Gasteiger partial charge in [-0.2, -0.15) is 13.2 Å². The molecular formula is C16H17F3N2O. The van der Waals surface area contributed by atoms with E-state index in [4.69, 9.17) is 0 Å². The number of hydrogen-bond acceptors (Lipinski definition) is 2. The van der Waals surface area contributed by atoms with E-state index in [1.807, 2.05) is 10.8 Å². The van der Waals surface area contributed by atoms with Gasteiger partial charge in [0.05, 0.1) is 11.3 Å². The van der Waals surface area contributed by atoms with Gasteiger partial charge in [-0.05, 0) is 24.0 Å². The molecule has 2 heterocycles. The molecule has 0 radical (unpaired) electrons. The van der Waals surface area contributed by atoms with Crippen LogP contribution in [0.25, 0.3) is 0 Å².